The van der Waals surface area contributed by atoms with Crippen molar-refractivity contribution in [3.63, 3.8) is 0 Å². The van der Waals surface area contributed by atoms with Crippen LogP contribution >= 0.6 is 0 Å². The van der Waals surface area contributed by atoms with Crippen molar-refractivity contribution in [2.75, 3.05) is 6.61 Å². The van der Waals surface area contributed by atoms with Gasteiger partial charge in [-0.25, -0.2) is 0 Å². The monoisotopic (exact) mass is 256 g/mol. The molecule has 5 heteroatoms. The maximum absolute atomic E-state index is 11.8. The molecule has 0 spiro atoms. The van der Waals surface area contributed by atoms with Gasteiger partial charge in [0.15, 0.2) is 0 Å². The molecular weight excluding hydrogens is 240 g/mol. The van der Waals surface area contributed by atoms with Gasteiger partial charge in [0.05, 0.1) is 17.6 Å². The fraction of sp³-hybridized carbons (Fsp3) is 0.500. The van der Waals surface area contributed by atoms with Gasteiger partial charge in [0.2, 0.25) is 0 Å². The Bertz CT molecular complexity index is 478. The minimum absolute atomic E-state index is 0.0692. The fourth-order valence-corrected chi connectivity index (χ4v) is 2.53. The molecule has 1 aromatic carbocycles. The van der Waals surface area contributed by atoms with E-state index in [1.165, 1.54) is 0 Å². The van der Waals surface area contributed by atoms with Gasteiger partial charge in [-0.2, -0.15) is 8.42 Å². The van der Waals surface area contributed by atoms with Crippen LogP contribution in [0.2, 0.25) is 0 Å². The number of benzene rings is 1. The molecule has 1 saturated heterocycles. The van der Waals surface area contributed by atoms with Gasteiger partial charge in [0.25, 0.3) is 10.1 Å². The molecule has 1 aliphatic heterocycles. The second kappa shape index (κ2) is 4.76. The molecule has 4 nitrogen and oxygen atoms in total. The van der Waals surface area contributed by atoms with Crippen LogP contribution in [-0.4, -0.2) is 27.2 Å². The average molecular weight is 256 g/mol. The fourth-order valence-electron chi connectivity index (χ4n) is 1.61. The van der Waals surface area contributed by atoms with E-state index in [2.05, 4.69) is 0 Å². The SMILES string of the molecule is CC[C@@H]1O[C@H]1COS(=O)(=O)c1ccc(C)cc1. The largest absolute Gasteiger partial charge is 0.367 e. The lowest BCUT2D eigenvalue weighted by Gasteiger charge is -2.04. The molecular formula is C12H16O4S. The third-order valence-electron chi connectivity index (χ3n) is 2.79. The summed E-state index contributed by atoms with van der Waals surface area (Å²) in [5.41, 5.74) is 1.01. The molecule has 0 unspecified atom stereocenters. The van der Waals surface area contributed by atoms with Crippen LogP contribution in [0.1, 0.15) is 18.9 Å². The van der Waals surface area contributed by atoms with Crippen molar-refractivity contribution >= 4 is 10.1 Å². The first-order valence-electron chi connectivity index (χ1n) is 5.64. The van der Waals surface area contributed by atoms with Gasteiger partial charge < -0.3 is 4.74 Å². The lowest BCUT2D eigenvalue weighted by molar-refractivity contribution is 0.263. The Balaban J connectivity index is 1.97. The van der Waals surface area contributed by atoms with Crippen molar-refractivity contribution in [3.05, 3.63) is 29.8 Å². The van der Waals surface area contributed by atoms with E-state index in [4.69, 9.17) is 8.92 Å². The van der Waals surface area contributed by atoms with Crippen molar-refractivity contribution in [1.82, 2.24) is 0 Å². The minimum Gasteiger partial charge on any atom is -0.367 e. The number of epoxide rings is 1. The van der Waals surface area contributed by atoms with Crippen molar-refractivity contribution in [2.45, 2.75) is 37.4 Å². The second-order valence-electron chi connectivity index (χ2n) is 4.17. The Morgan fingerprint density at radius 1 is 1.24 bits per heavy atom. The maximum Gasteiger partial charge on any atom is 0.297 e. The lowest BCUT2D eigenvalue weighted by atomic mass is 10.2. The lowest BCUT2D eigenvalue weighted by Crippen LogP contribution is -2.12. The molecule has 1 heterocycles. The molecule has 0 radical (unpaired) electrons. The summed E-state index contributed by atoms with van der Waals surface area (Å²) in [6.45, 7) is 4.01. The first-order chi connectivity index (χ1) is 8.03. The van der Waals surface area contributed by atoms with E-state index in [9.17, 15) is 8.42 Å². The Morgan fingerprint density at radius 2 is 1.88 bits per heavy atom. The highest BCUT2D eigenvalue weighted by Gasteiger charge is 2.38. The van der Waals surface area contributed by atoms with E-state index in [0.717, 1.165) is 12.0 Å². The number of hydrogen-bond acceptors (Lipinski definition) is 4. The molecule has 1 aromatic rings. The molecule has 0 N–H and O–H groups in total. The van der Waals surface area contributed by atoms with E-state index < -0.39 is 10.1 Å². The Labute approximate surface area is 102 Å². The van der Waals surface area contributed by atoms with E-state index in [-0.39, 0.29) is 23.7 Å². The molecule has 0 aliphatic carbocycles. The smallest absolute Gasteiger partial charge is 0.297 e. The summed E-state index contributed by atoms with van der Waals surface area (Å²) in [6, 6.07) is 6.60. The highest BCUT2D eigenvalue weighted by atomic mass is 32.2. The first kappa shape index (κ1) is 12.5. The van der Waals surface area contributed by atoms with Crippen LogP contribution in [0.25, 0.3) is 0 Å². The molecule has 0 aromatic heterocycles. The van der Waals surface area contributed by atoms with Crippen LogP contribution in [0.15, 0.2) is 29.2 Å². The van der Waals surface area contributed by atoms with Crippen LogP contribution in [0.5, 0.6) is 0 Å². The van der Waals surface area contributed by atoms with Crippen molar-refractivity contribution in [1.29, 1.82) is 0 Å². The summed E-state index contributed by atoms with van der Waals surface area (Å²) in [4.78, 5) is 0.191. The third-order valence-corrected chi connectivity index (χ3v) is 4.08. The van der Waals surface area contributed by atoms with Crippen molar-refractivity contribution < 1.29 is 17.3 Å². The number of rotatable bonds is 5. The molecule has 1 aliphatic rings. The maximum atomic E-state index is 11.8. The number of ether oxygens (including phenoxy) is 1. The predicted octanol–water partition coefficient (Wildman–Crippen LogP) is 1.88. The molecule has 2 rings (SSSR count). The van der Waals surface area contributed by atoms with Gasteiger partial charge in [-0.3, -0.25) is 4.18 Å². The standard InChI is InChI=1S/C12H16O4S/c1-3-11-12(16-11)8-15-17(13,14)10-6-4-9(2)5-7-10/h4-7,11-12H,3,8H2,1-2H3/t11-,12-/m0/s1. The van der Waals surface area contributed by atoms with Crippen LogP contribution in [0.3, 0.4) is 0 Å². The van der Waals surface area contributed by atoms with Crippen LogP contribution in [0, 0.1) is 6.92 Å². The summed E-state index contributed by atoms with van der Waals surface area (Å²) >= 11 is 0. The van der Waals surface area contributed by atoms with Crippen molar-refractivity contribution in [3.8, 4) is 0 Å². The molecule has 0 saturated carbocycles. The van der Waals surface area contributed by atoms with Gasteiger partial charge in [-0.05, 0) is 25.5 Å². The summed E-state index contributed by atoms with van der Waals surface area (Å²) in [6.07, 6.45) is 0.974. The van der Waals surface area contributed by atoms with Gasteiger partial charge >= 0.3 is 0 Å². The van der Waals surface area contributed by atoms with Gasteiger partial charge in [0, 0.05) is 0 Å². The highest BCUT2D eigenvalue weighted by Crippen LogP contribution is 2.26. The predicted molar refractivity (Wildman–Crippen MR) is 63.3 cm³/mol. The van der Waals surface area contributed by atoms with Gasteiger partial charge in [0.1, 0.15) is 6.10 Å². The molecule has 94 valence electrons. The minimum atomic E-state index is -3.64. The van der Waals surface area contributed by atoms with Crippen LogP contribution in [-0.2, 0) is 19.0 Å². The average Bonchev–Trinajstić information content (AvgIpc) is 3.06. The number of hydrogen-bond donors (Lipinski definition) is 0. The Kier molecular flexibility index (Phi) is 3.51. The van der Waals surface area contributed by atoms with E-state index in [0.29, 0.717) is 0 Å². The second-order valence-corrected chi connectivity index (χ2v) is 5.79. The Hall–Kier alpha value is -0.910. The number of aryl methyl sites for hydroxylation is 1. The topological polar surface area (TPSA) is 55.9 Å². The molecule has 0 bridgehead atoms. The van der Waals surface area contributed by atoms with Gasteiger partial charge in [-0.15, -0.1) is 0 Å². The summed E-state index contributed by atoms with van der Waals surface area (Å²) in [7, 11) is -3.64. The Morgan fingerprint density at radius 3 is 2.41 bits per heavy atom. The molecule has 2 atom stereocenters. The van der Waals surface area contributed by atoms with E-state index in [1.54, 1.807) is 24.3 Å². The van der Waals surface area contributed by atoms with E-state index in [1.807, 2.05) is 13.8 Å². The van der Waals surface area contributed by atoms with Crippen molar-refractivity contribution in [2.24, 2.45) is 0 Å². The zero-order valence-corrected chi connectivity index (χ0v) is 10.7. The summed E-state index contributed by atoms with van der Waals surface area (Å²) in [5.74, 6) is 0. The normalized spacial score (nSPS) is 23.6. The van der Waals surface area contributed by atoms with E-state index >= 15 is 0 Å². The molecule has 17 heavy (non-hydrogen) atoms. The molecule has 0 amide bonds. The van der Waals surface area contributed by atoms with Crippen LogP contribution in [0.4, 0.5) is 0 Å². The first-order valence-corrected chi connectivity index (χ1v) is 7.05. The van der Waals surface area contributed by atoms with Crippen LogP contribution < -0.4 is 0 Å². The quantitative estimate of drug-likeness (QED) is 0.596. The highest BCUT2D eigenvalue weighted by molar-refractivity contribution is 7.86. The summed E-state index contributed by atoms with van der Waals surface area (Å²) < 4.78 is 33.8. The zero-order valence-electron chi connectivity index (χ0n) is 9.92. The third kappa shape index (κ3) is 3.06. The van der Waals surface area contributed by atoms with Gasteiger partial charge in [-0.1, -0.05) is 24.6 Å². The summed E-state index contributed by atoms with van der Waals surface area (Å²) in [5, 5.41) is 0. The zero-order chi connectivity index (χ0) is 12.5. The molecule has 1 fully saturated rings.